The van der Waals surface area contributed by atoms with Crippen LogP contribution >= 0.6 is 0 Å². The molecule has 0 bridgehead atoms. The maximum absolute atomic E-state index is 4.58. The lowest BCUT2D eigenvalue weighted by atomic mass is 10.2. The Morgan fingerprint density at radius 2 is 1.94 bits per heavy atom. The van der Waals surface area contributed by atoms with Crippen LogP contribution in [0, 0.1) is 0 Å². The van der Waals surface area contributed by atoms with Gasteiger partial charge in [-0.05, 0) is 32.5 Å². The van der Waals surface area contributed by atoms with Crippen molar-refractivity contribution in [1.82, 2.24) is 15.3 Å². The third-order valence-electron chi connectivity index (χ3n) is 2.60. The van der Waals surface area contributed by atoms with Gasteiger partial charge in [-0.25, -0.2) is 9.97 Å². The molecule has 2 rings (SSSR count). The first-order valence-electron chi connectivity index (χ1n) is 5.92. The second-order valence-electron chi connectivity index (χ2n) is 3.94. The lowest BCUT2D eigenvalue weighted by molar-refractivity contribution is 0.714. The molecule has 1 N–H and O–H groups in total. The van der Waals surface area contributed by atoms with Crippen LogP contribution in [0.5, 0.6) is 0 Å². The third kappa shape index (κ3) is 3.36. The van der Waals surface area contributed by atoms with E-state index in [1.165, 1.54) is 0 Å². The van der Waals surface area contributed by atoms with Crippen LogP contribution in [0.3, 0.4) is 0 Å². The maximum atomic E-state index is 4.58. The molecule has 0 aliphatic heterocycles. The highest BCUT2D eigenvalue weighted by atomic mass is 14.9. The normalized spacial score (nSPS) is 10.4. The molecule has 0 aliphatic rings. The van der Waals surface area contributed by atoms with E-state index in [-0.39, 0.29) is 0 Å². The number of nitrogens with one attached hydrogen (secondary N) is 1. The van der Waals surface area contributed by atoms with E-state index in [4.69, 9.17) is 0 Å². The summed E-state index contributed by atoms with van der Waals surface area (Å²) in [5.74, 6) is 0.813. The van der Waals surface area contributed by atoms with Crippen molar-refractivity contribution in [1.29, 1.82) is 0 Å². The van der Waals surface area contributed by atoms with Gasteiger partial charge in [-0.1, -0.05) is 30.3 Å². The van der Waals surface area contributed by atoms with Gasteiger partial charge in [0.15, 0.2) is 5.82 Å². The second kappa shape index (κ2) is 6.11. The van der Waals surface area contributed by atoms with Crippen molar-refractivity contribution in [3.63, 3.8) is 0 Å². The molecule has 2 aromatic rings. The lowest BCUT2D eigenvalue weighted by Crippen LogP contribution is -2.09. The molecule has 88 valence electrons. The van der Waals surface area contributed by atoms with Crippen molar-refractivity contribution < 1.29 is 0 Å². The zero-order valence-corrected chi connectivity index (χ0v) is 10.1. The fraction of sp³-hybridized carbons (Fsp3) is 0.286. The van der Waals surface area contributed by atoms with E-state index >= 15 is 0 Å². The quantitative estimate of drug-likeness (QED) is 0.796. The molecular weight excluding hydrogens is 210 g/mol. The minimum atomic E-state index is 0.813. The maximum Gasteiger partial charge on any atom is 0.159 e. The molecule has 1 heterocycles. The van der Waals surface area contributed by atoms with Crippen molar-refractivity contribution in [2.45, 2.75) is 12.8 Å². The van der Waals surface area contributed by atoms with E-state index in [1.807, 2.05) is 49.6 Å². The first kappa shape index (κ1) is 11.7. The topological polar surface area (TPSA) is 37.8 Å². The SMILES string of the molecule is CNCCCc1ccnc(-c2ccccc2)n1. The standard InChI is InChI=1S/C14H17N3/c1-15-10-5-8-13-9-11-16-14(17-13)12-6-3-2-4-7-12/h2-4,6-7,9,11,15H,5,8,10H2,1H3. The number of hydrogen-bond acceptors (Lipinski definition) is 3. The molecule has 0 atom stereocenters. The average molecular weight is 227 g/mol. The summed E-state index contributed by atoms with van der Waals surface area (Å²) in [6, 6.07) is 12.1. The first-order chi connectivity index (χ1) is 8.40. The molecule has 1 aromatic carbocycles. The number of hydrogen-bond donors (Lipinski definition) is 1. The lowest BCUT2D eigenvalue weighted by Gasteiger charge is -2.03. The average Bonchev–Trinajstić information content (AvgIpc) is 2.41. The van der Waals surface area contributed by atoms with Gasteiger partial charge in [0.2, 0.25) is 0 Å². The molecule has 0 radical (unpaired) electrons. The Balaban J connectivity index is 2.12. The smallest absolute Gasteiger partial charge is 0.159 e. The van der Waals surface area contributed by atoms with Gasteiger partial charge in [-0.3, -0.25) is 0 Å². The Morgan fingerprint density at radius 3 is 2.71 bits per heavy atom. The van der Waals surface area contributed by atoms with Gasteiger partial charge in [0.25, 0.3) is 0 Å². The van der Waals surface area contributed by atoms with Crippen LogP contribution in [0.4, 0.5) is 0 Å². The van der Waals surface area contributed by atoms with Crippen molar-refractivity contribution in [2.24, 2.45) is 0 Å². The summed E-state index contributed by atoms with van der Waals surface area (Å²) in [6.45, 7) is 1.02. The van der Waals surface area contributed by atoms with Crippen LogP contribution in [0.15, 0.2) is 42.6 Å². The van der Waals surface area contributed by atoms with E-state index in [1.54, 1.807) is 0 Å². The minimum absolute atomic E-state index is 0.813. The number of aromatic nitrogens is 2. The number of benzene rings is 1. The van der Waals surface area contributed by atoms with Crippen LogP contribution in [0.2, 0.25) is 0 Å². The number of nitrogens with zero attached hydrogens (tertiary/aromatic N) is 2. The molecule has 3 nitrogen and oxygen atoms in total. The first-order valence-corrected chi connectivity index (χ1v) is 5.92. The zero-order valence-electron chi connectivity index (χ0n) is 10.1. The summed E-state index contributed by atoms with van der Waals surface area (Å²) in [5, 5.41) is 3.14. The minimum Gasteiger partial charge on any atom is -0.320 e. The van der Waals surface area contributed by atoms with Crippen molar-refractivity contribution in [2.75, 3.05) is 13.6 Å². The fourth-order valence-electron chi connectivity index (χ4n) is 1.71. The largest absolute Gasteiger partial charge is 0.320 e. The molecule has 17 heavy (non-hydrogen) atoms. The van der Waals surface area contributed by atoms with E-state index < -0.39 is 0 Å². The molecule has 0 fully saturated rings. The monoisotopic (exact) mass is 227 g/mol. The molecule has 1 aromatic heterocycles. The number of aryl methyl sites for hydroxylation is 1. The Kier molecular flexibility index (Phi) is 4.22. The highest BCUT2D eigenvalue weighted by Crippen LogP contribution is 2.13. The predicted molar refractivity (Wildman–Crippen MR) is 69.7 cm³/mol. The van der Waals surface area contributed by atoms with E-state index in [9.17, 15) is 0 Å². The molecule has 3 heteroatoms. The van der Waals surface area contributed by atoms with Gasteiger partial charge >= 0.3 is 0 Å². The van der Waals surface area contributed by atoms with Crippen LogP contribution in [-0.4, -0.2) is 23.6 Å². The number of rotatable bonds is 5. The Morgan fingerprint density at radius 1 is 1.12 bits per heavy atom. The molecule has 0 aliphatic carbocycles. The molecule has 0 saturated heterocycles. The van der Waals surface area contributed by atoms with Crippen LogP contribution in [0.1, 0.15) is 12.1 Å². The Labute approximate surface area is 102 Å². The van der Waals surface area contributed by atoms with E-state index in [0.717, 1.165) is 36.5 Å². The highest BCUT2D eigenvalue weighted by Gasteiger charge is 2.01. The van der Waals surface area contributed by atoms with E-state index in [2.05, 4.69) is 15.3 Å². The molecular formula is C14H17N3. The predicted octanol–water partition coefficient (Wildman–Crippen LogP) is 2.30. The van der Waals surface area contributed by atoms with Crippen LogP contribution in [0.25, 0.3) is 11.4 Å². The van der Waals surface area contributed by atoms with Gasteiger partial charge < -0.3 is 5.32 Å². The molecule has 0 amide bonds. The highest BCUT2D eigenvalue weighted by molar-refractivity contribution is 5.54. The van der Waals surface area contributed by atoms with Crippen molar-refractivity contribution in [3.8, 4) is 11.4 Å². The van der Waals surface area contributed by atoms with Gasteiger partial charge in [0.1, 0.15) is 0 Å². The van der Waals surface area contributed by atoms with Gasteiger partial charge in [0, 0.05) is 17.5 Å². The van der Waals surface area contributed by atoms with Gasteiger partial charge in [-0.15, -0.1) is 0 Å². The van der Waals surface area contributed by atoms with Crippen molar-refractivity contribution in [3.05, 3.63) is 48.3 Å². The Hall–Kier alpha value is -1.74. The van der Waals surface area contributed by atoms with Crippen molar-refractivity contribution >= 4 is 0 Å². The van der Waals surface area contributed by atoms with Gasteiger partial charge in [0.05, 0.1) is 0 Å². The summed E-state index contributed by atoms with van der Waals surface area (Å²) in [7, 11) is 1.97. The third-order valence-corrected chi connectivity index (χ3v) is 2.60. The second-order valence-corrected chi connectivity index (χ2v) is 3.94. The van der Waals surface area contributed by atoms with Gasteiger partial charge in [-0.2, -0.15) is 0 Å². The zero-order chi connectivity index (χ0) is 11.9. The summed E-state index contributed by atoms with van der Waals surface area (Å²) in [4.78, 5) is 8.89. The molecule has 0 spiro atoms. The Bertz CT molecular complexity index is 454. The summed E-state index contributed by atoms with van der Waals surface area (Å²) in [6.07, 6.45) is 3.93. The summed E-state index contributed by atoms with van der Waals surface area (Å²) in [5.41, 5.74) is 2.18. The molecule has 0 unspecified atom stereocenters. The van der Waals surface area contributed by atoms with Crippen LogP contribution in [-0.2, 0) is 6.42 Å². The summed E-state index contributed by atoms with van der Waals surface area (Å²) >= 11 is 0. The van der Waals surface area contributed by atoms with Crippen LogP contribution < -0.4 is 5.32 Å². The molecule has 0 saturated carbocycles. The van der Waals surface area contributed by atoms with E-state index in [0.29, 0.717) is 0 Å². The fourth-order valence-corrected chi connectivity index (χ4v) is 1.71. The summed E-state index contributed by atoms with van der Waals surface area (Å²) < 4.78 is 0.